The Morgan fingerprint density at radius 3 is 2.07 bits per heavy atom. The molecule has 0 unspecified atom stereocenters. The molecule has 0 amide bonds. The molecule has 0 radical (unpaired) electrons. The van der Waals surface area contributed by atoms with Crippen molar-refractivity contribution in [3.8, 4) is 11.1 Å². The largest absolute Gasteiger partial charge is 0.322 e. The average molecular weight is 423 g/mol. The van der Waals surface area contributed by atoms with Gasteiger partial charge in [0.1, 0.15) is 6.04 Å². The molecule has 146 valence electrons. The Morgan fingerprint density at radius 2 is 1.45 bits per heavy atom. The Balaban J connectivity index is 1.31. The summed E-state index contributed by atoms with van der Waals surface area (Å²) in [5.74, 6) is 0. The molecule has 5 rings (SSSR count). The van der Waals surface area contributed by atoms with E-state index in [1.54, 1.807) is 4.90 Å². The molecule has 1 saturated heterocycles. The van der Waals surface area contributed by atoms with Crippen LogP contribution in [0.5, 0.6) is 0 Å². The molecule has 0 saturated carbocycles. The van der Waals surface area contributed by atoms with Gasteiger partial charge in [-0.25, -0.2) is 0 Å². The molecule has 1 fully saturated rings. The monoisotopic (exact) mass is 422 g/mol. The number of fused-ring (bicyclic) bond motifs is 3. The number of piperazine rings is 1. The third-order valence-corrected chi connectivity index (χ3v) is 6.68. The summed E-state index contributed by atoms with van der Waals surface area (Å²) in [6.45, 7) is 4.00. The summed E-state index contributed by atoms with van der Waals surface area (Å²) >= 11 is 12.1. The van der Waals surface area contributed by atoms with Crippen LogP contribution in [-0.2, 0) is 0 Å². The first-order valence-electron chi connectivity index (χ1n) is 9.97. The lowest BCUT2D eigenvalue weighted by Crippen LogP contribution is -3.14. The van der Waals surface area contributed by atoms with E-state index in [0.29, 0.717) is 16.1 Å². The number of quaternary nitrogens is 1. The highest BCUT2D eigenvalue weighted by atomic mass is 35.5. The van der Waals surface area contributed by atoms with Crippen molar-refractivity contribution in [1.82, 2.24) is 5.01 Å². The van der Waals surface area contributed by atoms with Crippen LogP contribution in [0.25, 0.3) is 11.1 Å². The second-order valence-corrected chi connectivity index (χ2v) is 8.45. The number of hydrazone groups is 1. The Hall–Kier alpha value is -2.33. The van der Waals surface area contributed by atoms with Crippen LogP contribution in [0.2, 0.25) is 10.0 Å². The van der Waals surface area contributed by atoms with E-state index in [-0.39, 0.29) is 0 Å². The van der Waals surface area contributed by atoms with Crippen molar-refractivity contribution in [2.24, 2.45) is 5.10 Å². The maximum absolute atomic E-state index is 6.10. The predicted octanol–water partition coefficient (Wildman–Crippen LogP) is 4.30. The molecule has 2 aliphatic rings. The number of hydrogen-bond acceptors (Lipinski definition) is 2. The van der Waals surface area contributed by atoms with E-state index >= 15 is 0 Å². The molecule has 0 aromatic heterocycles. The van der Waals surface area contributed by atoms with Crippen LogP contribution < -0.4 is 4.90 Å². The SMILES string of the molecule is Clc1ccc(/C=N\N2CC[NH+](C3c4ccccc4-c4ccccc43)CC2)cc1Cl. The Bertz CT molecular complexity index is 1030. The van der Waals surface area contributed by atoms with Gasteiger partial charge in [0.05, 0.1) is 42.4 Å². The molecule has 0 bridgehead atoms. The lowest BCUT2D eigenvalue weighted by molar-refractivity contribution is -0.929. The summed E-state index contributed by atoms with van der Waals surface area (Å²) in [7, 11) is 0. The molecular formula is C24H22Cl2N3+. The van der Waals surface area contributed by atoms with Crippen LogP contribution in [0.4, 0.5) is 0 Å². The van der Waals surface area contributed by atoms with Gasteiger partial charge in [0, 0.05) is 11.1 Å². The van der Waals surface area contributed by atoms with Crippen molar-refractivity contribution in [1.29, 1.82) is 0 Å². The van der Waals surface area contributed by atoms with Crippen LogP contribution >= 0.6 is 23.2 Å². The highest BCUT2D eigenvalue weighted by Gasteiger charge is 2.37. The van der Waals surface area contributed by atoms with Gasteiger partial charge >= 0.3 is 0 Å². The summed E-state index contributed by atoms with van der Waals surface area (Å²) in [4.78, 5) is 1.61. The highest BCUT2D eigenvalue weighted by molar-refractivity contribution is 6.42. The molecule has 1 N–H and O–H groups in total. The fraction of sp³-hybridized carbons (Fsp3) is 0.208. The van der Waals surface area contributed by atoms with E-state index < -0.39 is 0 Å². The normalized spacial score (nSPS) is 17.0. The van der Waals surface area contributed by atoms with Crippen molar-refractivity contribution in [3.05, 3.63) is 93.5 Å². The van der Waals surface area contributed by atoms with E-state index in [9.17, 15) is 0 Å². The second kappa shape index (κ2) is 7.83. The molecule has 1 heterocycles. The maximum atomic E-state index is 6.10. The minimum Gasteiger partial charge on any atom is -0.322 e. The van der Waals surface area contributed by atoms with Gasteiger partial charge in [0.15, 0.2) is 0 Å². The van der Waals surface area contributed by atoms with Crippen molar-refractivity contribution < 1.29 is 4.90 Å². The molecular weight excluding hydrogens is 401 g/mol. The molecule has 0 atom stereocenters. The minimum absolute atomic E-state index is 0.420. The molecule has 5 heteroatoms. The zero-order chi connectivity index (χ0) is 19.8. The van der Waals surface area contributed by atoms with E-state index in [0.717, 1.165) is 31.7 Å². The van der Waals surface area contributed by atoms with Crippen LogP contribution in [-0.4, -0.2) is 37.4 Å². The molecule has 3 aromatic rings. The highest BCUT2D eigenvalue weighted by Crippen LogP contribution is 2.41. The molecule has 0 spiro atoms. The van der Waals surface area contributed by atoms with Crippen molar-refractivity contribution in [2.75, 3.05) is 26.2 Å². The second-order valence-electron chi connectivity index (χ2n) is 7.64. The lowest BCUT2D eigenvalue weighted by Gasteiger charge is -2.34. The topological polar surface area (TPSA) is 20.0 Å². The Labute approximate surface area is 181 Å². The van der Waals surface area contributed by atoms with Crippen LogP contribution in [0.3, 0.4) is 0 Å². The maximum Gasteiger partial charge on any atom is 0.140 e. The smallest absolute Gasteiger partial charge is 0.140 e. The number of halogens is 2. The van der Waals surface area contributed by atoms with Crippen LogP contribution in [0.1, 0.15) is 22.7 Å². The number of nitrogens with zero attached hydrogens (tertiary/aromatic N) is 2. The van der Waals surface area contributed by atoms with Crippen molar-refractivity contribution in [3.63, 3.8) is 0 Å². The predicted molar refractivity (Wildman–Crippen MR) is 120 cm³/mol. The van der Waals surface area contributed by atoms with E-state index in [1.165, 1.54) is 22.3 Å². The summed E-state index contributed by atoms with van der Waals surface area (Å²) in [5.41, 5.74) is 6.65. The molecule has 29 heavy (non-hydrogen) atoms. The van der Waals surface area contributed by atoms with Gasteiger partial charge in [-0.05, 0) is 28.8 Å². The summed E-state index contributed by atoms with van der Waals surface area (Å²) < 4.78 is 0. The van der Waals surface area contributed by atoms with Gasteiger partial charge in [-0.1, -0.05) is 77.8 Å². The third-order valence-electron chi connectivity index (χ3n) is 5.94. The number of hydrogen-bond donors (Lipinski definition) is 1. The molecule has 3 nitrogen and oxygen atoms in total. The lowest BCUT2D eigenvalue weighted by atomic mass is 10.0. The van der Waals surface area contributed by atoms with Crippen LogP contribution in [0, 0.1) is 0 Å². The summed E-state index contributed by atoms with van der Waals surface area (Å²) in [6, 6.07) is 23.7. The van der Waals surface area contributed by atoms with Gasteiger partial charge in [-0.3, -0.25) is 5.01 Å². The Morgan fingerprint density at radius 1 is 0.828 bits per heavy atom. The first-order valence-corrected chi connectivity index (χ1v) is 10.7. The van der Waals surface area contributed by atoms with E-state index in [2.05, 4.69) is 58.6 Å². The number of rotatable bonds is 3. The summed E-state index contributed by atoms with van der Waals surface area (Å²) in [5, 5.41) is 7.95. The zero-order valence-corrected chi connectivity index (χ0v) is 17.5. The standard InChI is InChI=1S/C24H21Cl2N3/c25-22-10-9-17(15-23(22)26)16-27-29-13-11-28(12-14-29)24-20-7-3-1-5-18(20)19-6-2-4-8-21(19)24/h1-10,15-16,24H,11-14H2/p+1/b27-16-. The van der Waals surface area contributed by atoms with Gasteiger partial charge in [0.2, 0.25) is 0 Å². The fourth-order valence-electron chi connectivity index (χ4n) is 4.52. The molecule has 3 aromatic carbocycles. The van der Waals surface area contributed by atoms with E-state index in [1.807, 2.05) is 24.4 Å². The van der Waals surface area contributed by atoms with Crippen molar-refractivity contribution >= 4 is 29.4 Å². The van der Waals surface area contributed by atoms with Gasteiger partial charge < -0.3 is 4.90 Å². The van der Waals surface area contributed by atoms with Gasteiger partial charge in [-0.2, -0.15) is 5.10 Å². The quantitative estimate of drug-likeness (QED) is 0.623. The van der Waals surface area contributed by atoms with Crippen molar-refractivity contribution in [2.45, 2.75) is 6.04 Å². The minimum atomic E-state index is 0.420. The molecule has 1 aliphatic carbocycles. The van der Waals surface area contributed by atoms with Crippen LogP contribution in [0.15, 0.2) is 71.8 Å². The first kappa shape index (κ1) is 18.7. The number of benzene rings is 3. The number of nitrogens with one attached hydrogen (secondary N) is 1. The average Bonchev–Trinajstić information content (AvgIpc) is 3.10. The molecule has 1 aliphatic heterocycles. The van der Waals surface area contributed by atoms with Gasteiger partial charge in [0.25, 0.3) is 0 Å². The van der Waals surface area contributed by atoms with Gasteiger partial charge in [-0.15, -0.1) is 0 Å². The third kappa shape index (κ3) is 3.55. The first-order chi connectivity index (χ1) is 14.2. The van der Waals surface area contributed by atoms with E-state index in [4.69, 9.17) is 23.2 Å². The Kier molecular flexibility index (Phi) is 5.04. The summed E-state index contributed by atoms with van der Waals surface area (Å²) in [6.07, 6.45) is 1.87. The zero-order valence-electron chi connectivity index (χ0n) is 16.0. The fourth-order valence-corrected chi connectivity index (χ4v) is 4.83.